The maximum Gasteiger partial charge on any atom is 0.255 e. The van der Waals surface area contributed by atoms with Crippen molar-refractivity contribution in [3.63, 3.8) is 0 Å². The van der Waals surface area contributed by atoms with Crippen LogP contribution in [0.25, 0.3) is 0 Å². The van der Waals surface area contributed by atoms with Crippen LogP contribution in [0.5, 0.6) is 0 Å². The summed E-state index contributed by atoms with van der Waals surface area (Å²) in [5.41, 5.74) is 2.71. The Kier molecular flexibility index (Phi) is 5.61. The second kappa shape index (κ2) is 8.74. The van der Waals surface area contributed by atoms with Gasteiger partial charge in [0.15, 0.2) is 5.82 Å². The minimum Gasteiger partial charge on any atom is -0.350 e. The molecule has 2 atom stereocenters. The van der Waals surface area contributed by atoms with Gasteiger partial charge in [0.25, 0.3) is 5.91 Å². The number of rotatable bonds is 5. The van der Waals surface area contributed by atoms with Gasteiger partial charge >= 0.3 is 0 Å². The molecule has 2 aromatic carbocycles. The van der Waals surface area contributed by atoms with E-state index in [1.54, 1.807) is 30.3 Å². The molecule has 0 radical (unpaired) electrons. The number of aromatic nitrogens is 2. The van der Waals surface area contributed by atoms with Crippen LogP contribution in [0.15, 0.2) is 54.7 Å². The average molecular weight is 461 g/mol. The number of hydrogen-bond donors (Lipinski definition) is 2. The van der Waals surface area contributed by atoms with E-state index >= 15 is 0 Å². The predicted octanol–water partition coefficient (Wildman–Crippen LogP) is 3.67. The number of hydrogen-bond acceptors (Lipinski definition) is 6. The van der Waals surface area contributed by atoms with Gasteiger partial charge in [0.05, 0.1) is 6.20 Å². The van der Waals surface area contributed by atoms with Gasteiger partial charge in [-0.2, -0.15) is 4.98 Å². The van der Waals surface area contributed by atoms with Gasteiger partial charge in [-0.1, -0.05) is 19.1 Å². The van der Waals surface area contributed by atoms with Crippen LogP contribution >= 0.6 is 0 Å². The van der Waals surface area contributed by atoms with Gasteiger partial charge < -0.3 is 20.4 Å². The van der Waals surface area contributed by atoms with Gasteiger partial charge in [-0.3, -0.25) is 9.59 Å². The number of nitrogens with zero attached hydrogens (tertiary/aromatic N) is 4. The number of nitrogens with one attached hydrogen (secondary N) is 2. The van der Waals surface area contributed by atoms with Crippen LogP contribution in [-0.4, -0.2) is 41.4 Å². The molecule has 1 saturated heterocycles. The van der Waals surface area contributed by atoms with E-state index in [0.717, 1.165) is 30.0 Å². The minimum atomic E-state index is -0.354. The molecule has 9 heteroatoms. The molecule has 0 bridgehead atoms. The maximum atomic E-state index is 13.0. The van der Waals surface area contributed by atoms with E-state index < -0.39 is 0 Å². The van der Waals surface area contributed by atoms with Gasteiger partial charge in [0.1, 0.15) is 17.5 Å². The molecule has 1 aromatic heterocycles. The Morgan fingerprint density at radius 2 is 1.88 bits per heavy atom. The van der Waals surface area contributed by atoms with E-state index in [1.165, 1.54) is 24.3 Å². The molecule has 0 spiro atoms. The molecule has 0 aliphatic carbocycles. The first-order valence-electron chi connectivity index (χ1n) is 11.2. The first-order chi connectivity index (χ1) is 16.4. The monoisotopic (exact) mass is 460 g/mol. The van der Waals surface area contributed by atoms with Gasteiger partial charge in [0, 0.05) is 31.4 Å². The summed E-state index contributed by atoms with van der Waals surface area (Å²) >= 11 is 0. The van der Waals surface area contributed by atoms with Gasteiger partial charge in [-0.25, -0.2) is 9.37 Å². The Labute approximate surface area is 196 Å². The van der Waals surface area contributed by atoms with E-state index in [-0.39, 0.29) is 29.6 Å². The normalized spacial score (nSPS) is 19.0. The van der Waals surface area contributed by atoms with Crippen LogP contribution in [0.3, 0.4) is 0 Å². The highest BCUT2D eigenvalue weighted by molar-refractivity contribution is 6.05. The van der Waals surface area contributed by atoms with E-state index in [2.05, 4.69) is 27.4 Å². The van der Waals surface area contributed by atoms with E-state index in [1.807, 2.05) is 12.1 Å². The third kappa shape index (κ3) is 4.05. The molecule has 5 rings (SSSR count). The SMILES string of the molecule is C[C@H]1CCN2c3nc(NCc4ccc(C(=O)Nc5ccc(F)cc5)cc4)ncc3N(C)C(=O)C12. The number of carbonyl (C=O) groups excluding carboxylic acids is 2. The lowest BCUT2D eigenvalue weighted by molar-refractivity contribution is -0.120. The third-order valence-corrected chi connectivity index (χ3v) is 6.44. The molecular formula is C25H25FN6O2. The molecule has 0 saturated carbocycles. The molecule has 2 aliphatic rings. The molecule has 3 aromatic rings. The van der Waals surface area contributed by atoms with Gasteiger partial charge in [0.2, 0.25) is 11.9 Å². The van der Waals surface area contributed by atoms with Crippen molar-refractivity contribution in [2.45, 2.75) is 25.9 Å². The molecule has 2 aliphatic heterocycles. The fourth-order valence-electron chi connectivity index (χ4n) is 4.47. The first kappa shape index (κ1) is 21.8. The van der Waals surface area contributed by atoms with Crippen molar-refractivity contribution in [1.82, 2.24) is 9.97 Å². The Hall–Kier alpha value is -4.01. The lowest BCUT2D eigenvalue weighted by atomic mass is 10.0. The molecule has 174 valence electrons. The zero-order chi connectivity index (χ0) is 23.8. The Morgan fingerprint density at radius 1 is 1.15 bits per heavy atom. The smallest absolute Gasteiger partial charge is 0.255 e. The summed E-state index contributed by atoms with van der Waals surface area (Å²) in [4.78, 5) is 38.0. The van der Waals surface area contributed by atoms with Crippen LogP contribution in [0.2, 0.25) is 0 Å². The molecule has 2 N–H and O–H groups in total. The van der Waals surface area contributed by atoms with Crippen molar-refractivity contribution in [3.05, 3.63) is 71.7 Å². The van der Waals surface area contributed by atoms with Crippen LogP contribution < -0.4 is 20.4 Å². The quantitative estimate of drug-likeness (QED) is 0.604. The summed E-state index contributed by atoms with van der Waals surface area (Å²) < 4.78 is 13.0. The maximum absolute atomic E-state index is 13.0. The largest absolute Gasteiger partial charge is 0.350 e. The van der Waals surface area contributed by atoms with Gasteiger partial charge in [-0.05, 0) is 54.3 Å². The zero-order valence-electron chi connectivity index (χ0n) is 19.0. The third-order valence-electron chi connectivity index (χ3n) is 6.44. The van der Waals surface area contributed by atoms with E-state index in [0.29, 0.717) is 23.7 Å². The second-order valence-corrected chi connectivity index (χ2v) is 8.72. The van der Waals surface area contributed by atoms with E-state index in [4.69, 9.17) is 4.98 Å². The summed E-state index contributed by atoms with van der Waals surface area (Å²) in [6.07, 6.45) is 2.64. The number of fused-ring (bicyclic) bond motifs is 3. The zero-order valence-corrected chi connectivity index (χ0v) is 19.0. The van der Waals surface area contributed by atoms with Crippen LogP contribution in [0.1, 0.15) is 29.3 Å². The second-order valence-electron chi connectivity index (χ2n) is 8.72. The van der Waals surface area contributed by atoms with Crippen molar-refractivity contribution >= 4 is 35.0 Å². The highest BCUT2D eigenvalue weighted by Crippen LogP contribution is 2.40. The number of amides is 2. The Balaban J connectivity index is 1.25. The Morgan fingerprint density at radius 3 is 2.62 bits per heavy atom. The average Bonchev–Trinajstić information content (AvgIpc) is 3.24. The summed E-state index contributed by atoms with van der Waals surface area (Å²) in [6.45, 7) is 3.38. The van der Waals surface area contributed by atoms with Crippen molar-refractivity contribution < 1.29 is 14.0 Å². The summed E-state index contributed by atoms with van der Waals surface area (Å²) in [5.74, 6) is 1.02. The number of likely N-dealkylation sites (N-methyl/N-ethyl adjacent to an activating group) is 1. The Bertz CT molecular complexity index is 1230. The lowest BCUT2D eigenvalue weighted by Gasteiger charge is -2.37. The predicted molar refractivity (Wildman–Crippen MR) is 128 cm³/mol. The lowest BCUT2D eigenvalue weighted by Crippen LogP contribution is -2.51. The van der Waals surface area contributed by atoms with Gasteiger partial charge in [-0.15, -0.1) is 0 Å². The molecular weight excluding hydrogens is 435 g/mol. The molecule has 3 heterocycles. The number of carbonyl (C=O) groups is 2. The minimum absolute atomic E-state index is 0.0883. The number of halogens is 1. The first-order valence-corrected chi connectivity index (χ1v) is 11.2. The number of anilines is 4. The van der Waals surface area contributed by atoms with Crippen LogP contribution in [-0.2, 0) is 11.3 Å². The fraction of sp³-hybridized carbons (Fsp3) is 0.280. The topological polar surface area (TPSA) is 90.5 Å². The molecule has 1 fully saturated rings. The standard InChI is InChI=1S/C25H25FN6O2/c1-15-11-12-32-21(15)24(34)31(2)20-14-28-25(30-22(20)32)27-13-16-3-5-17(6-4-16)23(33)29-19-9-7-18(26)8-10-19/h3-10,14-15,21H,11-13H2,1-2H3,(H,29,33)(H,27,28,30)/t15-,21?/m0/s1. The van der Waals surface area contributed by atoms with Crippen LogP contribution in [0.4, 0.5) is 27.5 Å². The van der Waals surface area contributed by atoms with Crippen LogP contribution in [0, 0.1) is 11.7 Å². The molecule has 1 unspecified atom stereocenters. The van der Waals surface area contributed by atoms with Crippen molar-refractivity contribution in [1.29, 1.82) is 0 Å². The summed E-state index contributed by atoms with van der Waals surface area (Å²) in [7, 11) is 1.77. The summed E-state index contributed by atoms with van der Waals surface area (Å²) in [6, 6.07) is 12.6. The van der Waals surface area contributed by atoms with Crippen molar-refractivity contribution in [3.8, 4) is 0 Å². The molecule has 2 amide bonds. The highest BCUT2D eigenvalue weighted by atomic mass is 19.1. The fourth-order valence-corrected chi connectivity index (χ4v) is 4.47. The highest BCUT2D eigenvalue weighted by Gasteiger charge is 2.44. The van der Waals surface area contributed by atoms with E-state index in [9.17, 15) is 14.0 Å². The summed E-state index contributed by atoms with van der Waals surface area (Å²) in [5, 5.41) is 5.98. The number of benzene rings is 2. The van der Waals surface area contributed by atoms with Crippen molar-refractivity contribution in [2.24, 2.45) is 5.92 Å². The molecule has 8 nitrogen and oxygen atoms in total. The molecule has 34 heavy (non-hydrogen) atoms. The van der Waals surface area contributed by atoms with Crippen molar-refractivity contribution in [2.75, 3.05) is 34.0 Å².